The van der Waals surface area contributed by atoms with E-state index in [2.05, 4.69) is 0 Å². The number of fused-ring (bicyclic) bond motifs is 1. The second kappa shape index (κ2) is 4.97. The van der Waals surface area contributed by atoms with Gasteiger partial charge in [0.25, 0.3) is 0 Å². The zero-order chi connectivity index (χ0) is 15.1. The summed E-state index contributed by atoms with van der Waals surface area (Å²) < 4.78 is 0. The van der Waals surface area contributed by atoms with Crippen molar-refractivity contribution in [3.05, 3.63) is 75.3 Å². The van der Waals surface area contributed by atoms with E-state index >= 15 is 0 Å². The first-order valence-corrected chi connectivity index (χ1v) is 7.03. The fourth-order valence-corrected chi connectivity index (χ4v) is 2.60. The predicted octanol–water partition coefficient (Wildman–Crippen LogP) is 4.42. The lowest BCUT2D eigenvalue weighted by molar-refractivity contribution is 0.100. The second-order valence-electron chi connectivity index (χ2n) is 5.24. The third-order valence-corrected chi connectivity index (χ3v) is 4.07. The van der Waals surface area contributed by atoms with Gasteiger partial charge in [-0.3, -0.25) is 9.59 Å². The first-order chi connectivity index (χ1) is 9.97. The summed E-state index contributed by atoms with van der Waals surface area (Å²) in [6.07, 6.45) is 1.42. The summed E-state index contributed by atoms with van der Waals surface area (Å²) in [5.74, 6) is -0.243. The molecule has 0 atom stereocenters. The Morgan fingerprint density at radius 1 is 0.857 bits per heavy atom. The molecule has 1 aliphatic rings. The molecule has 0 fully saturated rings. The van der Waals surface area contributed by atoms with E-state index in [1.807, 2.05) is 13.8 Å². The molecule has 2 aromatic rings. The molecule has 21 heavy (non-hydrogen) atoms. The van der Waals surface area contributed by atoms with Gasteiger partial charge in [0.1, 0.15) is 0 Å². The molecule has 3 rings (SSSR count). The third kappa shape index (κ3) is 2.32. The number of Topliss-reactive ketones (excluding diaryl/α,β-unsaturated/α-hetero) is 1. The summed E-state index contributed by atoms with van der Waals surface area (Å²) in [5, 5.41) is 0.598. The van der Waals surface area contributed by atoms with Crippen molar-refractivity contribution in [1.29, 1.82) is 0 Å². The quantitative estimate of drug-likeness (QED) is 0.780. The van der Waals surface area contributed by atoms with Crippen LogP contribution in [0.2, 0.25) is 5.02 Å². The third-order valence-electron chi connectivity index (χ3n) is 3.82. The Labute approximate surface area is 128 Å². The fourth-order valence-electron chi connectivity index (χ4n) is 2.47. The Morgan fingerprint density at radius 3 is 2.05 bits per heavy atom. The van der Waals surface area contributed by atoms with Crippen LogP contribution >= 0.6 is 11.6 Å². The Balaban J connectivity index is 2.15. The molecule has 0 amide bonds. The largest absolute Gasteiger partial charge is 0.289 e. The van der Waals surface area contributed by atoms with Gasteiger partial charge in [-0.1, -0.05) is 23.7 Å². The van der Waals surface area contributed by atoms with Gasteiger partial charge in [-0.15, -0.1) is 0 Å². The van der Waals surface area contributed by atoms with Crippen LogP contribution in [0, 0.1) is 13.8 Å². The topological polar surface area (TPSA) is 34.1 Å². The Kier molecular flexibility index (Phi) is 3.26. The number of benzene rings is 2. The van der Waals surface area contributed by atoms with Crippen molar-refractivity contribution in [1.82, 2.24) is 0 Å². The van der Waals surface area contributed by atoms with Crippen molar-refractivity contribution in [2.75, 3.05) is 0 Å². The molecule has 2 aromatic carbocycles. The van der Waals surface area contributed by atoms with Crippen LogP contribution in [0.4, 0.5) is 0 Å². The second-order valence-corrected chi connectivity index (χ2v) is 5.68. The summed E-state index contributed by atoms with van der Waals surface area (Å²) in [4.78, 5) is 24.9. The van der Waals surface area contributed by atoms with Crippen LogP contribution in [0.15, 0.2) is 42.5 Å². The number of carbonyl (C=O) groups is 2. The van der Waals surface area contributed by atoms with E-state index < -0.39 is 0 Å². The minimum Gasteiger partial charge on any atom is -0.289 e. The number of carbonyl (C=O) groups excluding carboxylic acids is 2. The van der Waals surface area contributed by atoms with Crippen LogP contribution in [-0.4, -0.2) is 11.6 Å². The zero-order valence-electron chi connectivity index (χ0n) is 11.7. The van der Waals surface area contributed by atoms with E-state index in [1.54, 1.807) is 36.4 Å². The van der Waals surface area contributed by atoms with E-state index in [4.69, 9.17) is 11.6 Å². The molecule has 0 saturated carbocycles. The van der Waals surface area contributed by atoms with E-state index in [1.165, 1.54) is 6.08 Å². The van der Waals surface area contributed by atoms with E-state index in [9.17, 15) is 9.59 Å². The number of aryl methyl sites for hydroxylation is 2. The molecule has 0 N–H and O–H groups in total. The maximum Gasteiger partial charge on any atom is 0.194 e. The molecule has 0 radical (unpaired) electrons. The van der Waals surface area contributed by atoms with Crippen LogP contribution in [0.3, 0.4) is 0 Å². The molecule has 0 heterocycles. The summed E-state index contributed by atoms with van der Waals surface area (Å²) in [5.41, 5.74) is 4.12. The number of ketones is 2. The van der Waals surface area contributed by atoms with Crippen molar-refractivity contribution < 1.29 is 9.59 Å². The number of hydrogen-bond acceptors (Lipinski definition) is 2. The van der Waals surface area contributed by atoms with Gasteiger partial charge in [-0.05, 0) is 60.9 Å². The number of hydrogen-bond donors (Lipinski definition) is 0. The fraction of sp³-hybridized carbons (Fsp3) is 0.111. The van der Waals surface area contributed by atoms with Crippen molar-refractivity contribution >= 4 is 28.7 Å². The van der Waals surface area contributed by atoms with E-state index in [-0.39, 0.29) is 11.6 Å². The highest BCUT2D eigenvalue weighted by atomic mass is 35.5. The molecule has 0 aromatic heterocycles. The van der Waals surface area contributed by atoms with E-state index in [0.717, 1.165) is 11.1 Å². The van der Waals surface area contributed by atoms with Gasteiger partial charge in [-0.25, -0.2) is 0 Å². The number of allylic oxidation sites excluding steroid dienone is 2. The van der Waals surface area contributed by atoms with Crippen LogP contribution in [-0.2, 0) is 0 Å². The van der Waals surface area contributed by atoms with Gasteiger partial charge in [0, 0.05) is 21.7 Å². The molecule has 104 valence electrons. The van der Waals surface area contributed by atoms with Crippen LogP contribution in [0.1, 0.15) is 37.4 Å². The molecule has 2 nitrogen and oxygen atoms in total. The average molecular weight is 297 g/mol. The minimum absolute atomic E-state index is 0.116. The lowest BCUT2D eigenvalue weighted by Gasteiger charge is -2.17. The SMILES string of the molecule is Cc1cc2c(cc1C)C(=O)C(c1ccc(Cl)cc1)=CC2=O. The highest BCUT2D eigenvalue weighted by Gasteiger charge is 2.26. The van der Waals surface area contributed by atoms with Gasteiger partial charge < -0.3 is 0 Å². The van der Waals surface area contributed by atoms with Crippen LogP contribution in [0.25, 0.3) is 5.57 Å². The van der Waals surface area contributed by atoms with Crippen molar-refractivity contribution in [2.24, 2.45) is 0 Å². The number of rotatable bonds is 1. The highest BCUT2D eigenvalue weighted by molar-refractivity contribution is 6.38. The van der Waals surface area contributed by atoms with Crippen molar-refractivity contribution in [3.8, 4) is 0 Å². The lowest BCUT2D eigenvalue weighted by atomic mass is 9.84. The Bertz CT molecular complexity index is 799. The van der Waals surface area contributed by atoms with Gasteiger partial charge in [-0.2, -0.15) is 0 Å². The minimum atomic E-state index is -0.127. The number of halogens is 1. The van der Waals surface area contributed by atoms with Gasteiger partial charge in [0.2, 0.25) is 0 Å². The molecule has 0 saturated heterocycles. The zero-order valence-corrected chi connectivity index (χ0v) is 12.5. The molecule has 0 aliphatic heterocycles. The summed E-state index contributed by atoms with van der Waals surface area (Å²) >= 11 is 5.86. The van der Waals surface area contributed by atoms with Gasteiger partial charge >= 0.3 is 0 Å². The molecular formula is C18H13ClO2. The van der Waals surface area contributed by atoms with E-state index in [0.29, 0.717) is 27.3 Å². The maximum atomic E-state index is 12.7. The van der Waals surface area contributed by atoms with Crippen LogP contribution < -0.4 is 0 Å². The lowest BCUT2D eigenvalue weighted by Crippen LogP contribution is -2.17. The molecule has 0 spiro atoms. The molecule has 0 unspecified atom stereocenters. The molecule has 1 aliphatic carbocycles. The predicted molar refractivity (Wildman–Crippen MR) is 84.0 cm³/mol. The summed E-state index contributed by atoms with van der Waals surface area (Å²) in [6, 6.07) is 10.5. The smallest absolute Gasteiger partial charge is 0.194 e. The van der Waals surface area contributed by atoms with Crippen molar-refractivity contribution in [2.45, 2.75) is 13.8 Å². The summed E-state index contributed by atoms with van der Waals surface area (Å²) in [6.45, 7) is 3.87. The Hall–Kier alpha value is -2.19. The molecular weight excluding hydrogens is 284 g/mol. The molecule has 3 heteroatoms. The first kappa shape index (κ1) is 13.8. The highest BCUT2D eigenvalue weighted by Crippen LogP contribution is 2.30. The van der Waals surface area contributed by atoms with Crippen LogP contribution in [0.5, 0.6) is 0 Å². The van der Waals surface area contributed by atoms with Gasteiger partial charge in [0.05, 0.1) is 0 Å². The maximum absolute atomic E-state index is 12.7. The standard InChI is InChI=1S/C18H13ClO2/c1-10-7-15-16(8-11(10)2)18(21)14(9-17(15)20)12-3-5-13(19)6-4-12/h3-9H,1-2H3. The Morgan fingerprint density at radius 2 is 1.43 bits per heavy atom. The normalized spacial score (nSPS) is 14.0. The molecule has 0 bridgehead atoms. The average Bonchev–Trinajstić information content (AvgIpc) is 2.46. The summed E-state index contributed by atoms with van der Waals surface area (Å²) in [7, 11) is 0. The van der Waals surface area contributed by atoms with Crippen molar-refractivity contribution in [3.63, 3.8) is 0 Å². The first-order valence-electron chi connectivity index (χ1n) is 6.65. The van der Waals surface area contributed by atoms with Gasteiger partial charge in [0.15, 0.2) is 11.6 Å². The monoisotopic (exact) mass is 296 g/mol.